The van der Waals surface area contributed by atoms with Crippen molar-refractivity contribution in [2.75, 3.05) is 19.6 Å². The van der Waals surface area contributed by atoms with Crippen LogP contribution in [0.5, 0.6) is 0 Å². The van der Waals surface area contributed by atoms with E-state index in [1.165, 1.54) is 12.1 Å². The van der Waals surface area contributed by atoms with E-state index in [4.69, 9.17) is 0 Å². The Bertz CT molecular complexity index is 1140. The summed E-state index contributed by atoms with van der Waals surface area (Å²) in [6, 6.07) is 15.5. The van der Waals surface area contributed by atoms with Crippen LogP contribution in [0.25, 0.3) is 21.9 Å². The minimum atomic E-state index is -4.39. The minimum Gasteiger partial charge on any atom is -0.349 e. The molecule has 1 amide bonds. The molecule has 0 radical (unpaired) electrons. The van der Waals surface area contributed by atoms with Gasteiger partial charge < -0.3 is 5.32 Å². The lowest BCUT2D eigenvalue weighted by Crippen LogP contribution is -2.56. The fourth-order valence-corrected chi connectivity index (χ4v) is 4.19. The average molecular weight is 462 g/mol. The molecule has 1 saturated heterocycles. The maximum absolute atomic E-state index is 12.9. The Labute approximate surface area is 188 Å². The second-order valence-electron chi connectivity index (χ2n) is 8.45. The van der Waals surface area contributed by atoms with E-state index >= 15 is 0 Å². The molecule has 0 bridgehead atoms. The summed E-state index contributed by atoms with van der Waals surface area (Å²) in [5, 5.41) is 4.56. The lowest BCUT2D eigenvalue weighted by Gasteiger charge is -2.42. The number of halogens is 5. The van der Waals surface area contributed by atoms with Crippen LogP contribution in [0.3, 0.4) is 0 Å². The number of alkyl halides is 5. The summed E-state index contributed by atoms with van der Waals surface area (Å²) in [4.78, 5) is 14.4. The Balaban J connectivity index is 1.48. The number of carbonyl (C=O) groups excluding carboxylic acids is 1. The van der Waals surface area contributed by atoms with Crippen LogP contribution in [-0.4, -0.2) is 42.9 Å². The first-order valence-electron chi connectivity index (χ1n) is 10.6. The largest absolute Gasteiger partial charge is 0.416 e. The zero-order chi connectivity index (χ0) is 23.8. The molecule has 1 heterocycles. The van der Waals surface area contributed by atoms with Crippen LogP contribution in [0.2, 0.25) is 0 Å². The standard InChI is InChI=1S/C25H23F5N2O/c1-15(19-12-32(13-19)14-23(26)27)31-24(33)18-7-10-22-17(11-18)3-2-4-21(22)16-5-8-20(9-6-16)25(28,29)30/h2-11,15,19,23H,12-14H2,1H3,(H,31,33)/t15-/m1/s1. The first kappa shape index (κ1) is 23.2. The minimum absolute atomic E-state index is 0.124. The van der Waals surface area contributed by atoms with E-state index in [9.17, 15) is 26.7 Å². The molecule has 4 rings (SSSR count). The average Bonchev–Trinajstić information content (AvgIpc) is 2.74. The van der Waals surface area contributed by atoms with Crippen molar-refractivity contribution in [3.63, 3.8) is 0 Å². The number of likely N-dealkylation sites (tertiary alicyclic amines) is 1. The van der Waals surface area contributed by atoms with Gasteiger partial charge in [0.1, 0.15) is 0 Å². The lowest BCUT2D eigenvalue weighted by molar-refractivity contribution is -0.137. The molecule has 0 aliphatic carbocycles. The van der Waals surface area contributed by atoms with Crippen molar-refractivity contribution in [3.05, 3.63) is 71.8 Å². The Hall–Kier alpha value is -3.00. The molecule has 1 aliphatic heterocycles. The third-order valence-electron chi connectivity index (χ3n) is 6.11. The van der Waals surface area contributed by atoms with Gasteiger partial charge in [-0.3, -0.25) is 9.69 Å². The number of carbonyl (C=O) groups is 1. The number of benzene rings is 3. The van der Waals surface area contributed by atoms with E-state index in [1.807, 2.05) is 19.1 Å². The SMILES string of the molecule is C[C@@H](NC(=O)c1ccc2c(-c3ccc(C(F)(F)F)cc3)cccc2c1)C1CN(CC(F)F)C1. The van der Waals surface area contributed by atoms with Crippen LogP contribution in [0, 0.1) is 5.92 Å². The van der Waals surface area contributed by atoms with Gasteiger partial charge in [-0.25, -0.2) is 8.78 Å². The molecule has 3 nitrogen and oxygen atoms in total. The van der Waals surface area contributed by atoms with Crippen molar-refractivity contribution in [2.24, 2.45) is 5.92 Å². The van der Waals surface area contributed by atoms with Crippen molar-refractivity contribution < 1.29 is 26.7 Å². The highest BCUT2D eigenvalue weighted by Gasteiger charge is 2.33. The Kier molecular flexibility index (Phi) is 6.38. The first-order chi connectivity index (χ1) is 15.6. The van der Waals surface area contributed by atoms with Crippen LogP contribution < -0.4 is 5.32 Å². The second-order valence-corrected chi connectivity index (χ2v) is 8.45. The number of hydrogen-bond acceptors (Lipinski definition) is 2. The van der Waals surface area contributed by atoms with Gasteiger partial charge in [-0.15, -0.1) is 0 Å². The Morgan fingerprint density at radius 2 is 1.76 bits per heavy atom. The normalized spacial score (nSPS) is 16.1. The second kappa shape index (κ2) is 9.09. The van der Waals surface area contributed by atoms with Gasteiger partial charge in [0.15, 0.2) is 0 Å². The molecule has 3 aromatic carbocycles. The third-order valence-corrected chi connectivity index (χ3v) is 6.11. The molecular formula is C25H23F5N2O. The maximum atomic E-state index is 12.9. The highest BCUT2D eigenvalue weighted by molar-refractivity contribution is 6.02. The topological polar surface area (TPSA) is 32.3 Å². The van der Waals surface area contributed by atoms with E-state index in [0.29, 0.717) is 24.2 Å². The maximum Gasteiger partial charge on any atom is 0.416 e. The molecular weight excluding hydrogens is 439 g/mol. The van der Waals surface area contributed by atoms with E-state index in [0.717, 1.165) is 28.5 Å². The van der Waals surface area contributed by atoms with E-state index in [1.54, 1.807) is 29.2 Å². The lowest BCUT2D eigenvalue weighted by atomic mass is 9.92. The van der Waals surface area contributed by atoms with Gasteiger partial charge >= 0.3 is 6.18 Å². The van der Waals surface area contributed by atoms with Crippen LogP contribution in [-0.2, 0) is 6.18 Å². The molecule has 33 heavy (non-hydrogen) atoms. The van der Waals surface area contributed by atoms with Gasteiger partial charge in [0, 0.05) is 30.6 Å². The molecule has 1 atom stereocenters. The van der Waals surface area contributed by atoms with Crippen molar-refractivity contribution >= 4 is 16.7 Å². The Morgan fingerprint density at radius 1 is 1.06 bits per heavy atom. The molecule has 3 aromatic rings. The van der Waals surface area contributed by atoms with Crippen molar-refractivity contribution in [2.45, 2.75) is 25.6 Å². The molecule has 8 heteroatoms. The van der Waals surface area contributed by atoms with E-state index < -0.39 is 18.2 Å². The Morgan fingerprint density at radius 3 is 2.39 bits per heavy atom. The zero-order valence-corrected chi connectivity index (χ0v) is 17.9. The van der Waals surface area contributed by atoms with Gasteiger partial charge in [-0.05, 0) is 53.1 Å². The quantitative estimate of drug-likeness (QED) is 0.467. The predicted molar refractivity (Wildman–Crippen MR) is 117 cm³/mol. The molecule has 0 aromatic heterocycles. The van der Waals surface area contributed by atoms with Crippen LogP contribution in [0.4, 0.5) is 22.0 Å². The van der Waals surface area contributed by atoms with Crippen LogP contribution in [0.1, 0.15) is 22.8 Å². The summed E-state index contributed by atoms with van der Waals surface area (Å²) >= 11 is 0. The fraction of sp³-hybridized carbons (Fsp3) is 0.320. The zero-order valence-electron chi connectivity index (χ0n) is 17.9. The molecule has 0 unspecified atom stereocenters. The predicted octanol–water partition coefficient (Wildman–Crippen LogP) is 5.84. The first-order valence-corrected chi connectivity index (χ1v) is 10.6. The molecule has 0 spiro atoms. The van der Waals surface area contributed by atoms with E-state index in [-0.39, 0.29) is 24.4 Å². The summed E-state index contributed by atoms with van der Waals surface area (Å²) in [7, 11) is 0. The number of amides is 1. The van der Waals surface area contributed by atoms with Gasteiger partial charge in [0.25, 0.3) is 12.3 Å². The number of hydrogen-bond donors (Lipinski definition) is 1. The highest BCUT2D eigenvalue weighted by atomic mass is 19.4. The highest BCUT2D eigenvalue weighted by Crippen LogP contribution is 2.33. The molecule has 0 saturated carbocycles. The number of nitrogens with one attached hydrogen (secondary N) is 1. The van der Waals surface area contributed by atoms with Gasteiger partial charge in [-0.1, -0.05) is 36.4 Å². The van der Waals surface area contributed by atoms with Crippen molar-refractivity contribution in [1.29, 1.82) is 0 Å². The number of fused-ring (bicyclic) bond motifs is 1. The van der Waals surface area contributed by atoms with Gasteiger partial charge in [0.2, 0.25) is 0 Å². The molecule has 174 valence electrons. The third kappa shape index (κ3) is 5.16. The van der Waals surface area contributed by atoms with Crippen molar-refractivity contribution in [3.8, 4) is 11.1 Å². The van der Waals surface area contributed by atoms with Crippen LogP contribution >= 0.6 is 0 Å². The molecule has 1 N–H and O–H groups in total. The molecule has 1 aliphatic rings. The van der Waals surface area contributed by atoms with Crippen LogP contribution in [0.15, 0.2) is 60.7 Å². The van der Waals surface area contributed by atoms with Crippen molar-refractivity contribution in [1.82, 2.24) is 10.2 Å². The number of rotatable bonds is 6. The summed E-state index contributed by atoms with van der Waals surface area (Å²) in [5.41, 5.74) is 1.18. The van der Waals surface area contributed by atoms with Gasteiger partial charge in [-0.2, -0.15) is 13.2 Å². The summed E-state index contributed by atoms with van der Waals surface area (Å²) in [6.45, 7) is 2.68. The van der Waals surface area contributed by atoms with E-state index in [2.05, 4.69) is 5.32 Å². The van der Waals surface area contributed by atoms with Gasteiger partial charge in [0.05, 0.1) is 12.1 Å². The number of nitrogens with zero attached hydrogens (tertiary/aromatic N) is 1. The smallest absolute Gasteiger partial charge is 0.349 e. The fourth-order valence-electron chi connectivity index (χ4n) is 4.19. The molecule has 1 fully saturated rings. The summed E-state index contributed by atoms with van der Waals surface area (Å²) < 4.78 is 63.5. The summed E-state index contributed by atoms with van der Waals surface area (Å²) in [5.74, 6) is -0.129. The summed E-state index contributed by atoms with van der Waals surface area (Å²) in [6.07, 6.45) is -6.75. The monoisotopic (exact) mass is 462 g/mol.